The molecule has 0 saturated carbocycles. The van der Waals surface area contributed by atoms with Crippen molar-refractivity contribution < 1.29 is 4.79 Å². The maximum atomic E-state index is 10.9. The van der Waals surface area contributed by atoms with Crippen molar-refractivity contribution in [2.24, 2.45) is 0 Å². The zero-order valence-corrected chi connectivity index (χ0v) is 9.15. The average molecular weight is 254 g/mol. The van der Waals surface area contributed by atoms with Gasteiger partial charge in [-0.3, -0.25) is 0 Å². The summed E-state index contributed by atoms with van der Waals surface area (Å²) >= 11 is -0.797. The van der Waals surface area contributed by atoms with Gasteiger partial charge in [-0.2, -0.15) is 0 Å². The predicted octanol–water partition coefficient (Wildman–Crippen LogP) is 1.97. The number of para-hydroxylation sites is 1. The van der Waals surface area contributed by atoms with Crippen LogP contribution in [-0.2, 0) is 0 Å². The van der Waals surface area contributed by atoms with Crippen LogP contribution in [-0.4, -0.2) is 25.1 Å². The fourth-order valence-corrected chi connectivity index (χ4v) is 1.48. The molecule has 56 valence electrons. The van der Waals surface area contributed by atoms with Crippen molar-refractivity contribution >= 4 is 30.8 Å². The molecule has 0 unspecified atom stereocenters. The van der Waals surface area contributed by atoms with E-state index in [4.69, 9.17) is 0 Å². The van der Waals surface area contributed by atoms with Crippen LogP contribution < -0.4 is 5.32 Å². The van der Waals surface area contributed by atoms with E-state index in [0.29, 0.717) is 0 Å². The normalized spacial score (nSPS) is 9.18. The molecule has 0 heterocycles. The van der Waals surface area contributed by atoms with Gasteiger partial charge in [0.25, 0.3) is 0 Å². The van der Waals surface area contributed by atoms with Crippen molar-refractivity contribution in [3.8, 4) is 0 Å². The van der Waals surface area contributed by atoms with E-state index < -0.39 is 21.1 Å². The molecule has 0 aliphatic heterocycles. The molecule has 0 aliphatic carbocycles. The topological polar surface area (TPSA) is 29.1 Å². The molecule has 0 aliphatic rings. The molecule has 2 radical (unpaired) electrons. The summed E-state index contributed by atoms with van der Waals surface area (Å²) in [4.78, 5) is 12.9. The van der Waals surface area contributed by atoms with E-state index in [1.807, 2.05) is 35.3 Å². The number of carbonyl (C=O) groups excluding carboxylic acids is 1. The van der Waals surface area contributed by atoms with Gasteiger partial charge >= 0.3 is 76.1 Å². The first-order valence-electron chi connectivity index (χ1n) is 3.36. The monoisotopic (exact) mass is 255 g/mol. The van der Waals surface area contributed by atoms with Crippen LogP contribution in [0.15, 0.2) is 30.3 Å². The first-order chi connectivity index (χ1) is 5.33. The Kier molecular flexibility index (Phi) is 3.42. The maximum absolute atomic E-state index is 10.9. The number of nitrogens with one attached hydrogen (secondary N) is 1. The first kappa shape index (κ1) is 8.58. The minimum absolute atomic E-state index is 0.222. The van der Waals surface area contributed by atoms with E-state index in [0.717, 1.165) is 5.69 Å². The molecule has 1 aromatic rings. The van der Waals surface area contributed by atoms with E-state index in [1.165, 1.54) is 0 Å². The molecule has 0 atom stereocenters. The number of hydrogen-bond acceptors (Lipinski definition) is 1. The first-order valence-corrected chi connectivity index (χ1v) is 7.65. The van der Waals surface area contributed by atoms with Gasteiger partial charge in [0.05, 0.1) is 0 Å². The van der Waals surface area contributed by atoms with E-state index >= 15 is 0 Å². The predicted molar refractivity (Wildman–Crippen MR) is 47.1 cm³/mol. The van der Waals surface area contributed by atoms with E-state index in [2.05, 4.69) is 5.32 Å². The van der Waals surface area contributed by atoms with Gasteiger partial charge < -0.3 is 0 Å². The van der Waals surface area contributed by atoms with Crippen LogP contribution in [0.25, 0.3) is 0 Å². The second-order valence-electron chi connectivity index (χ2n) is 2.07. The summed E-state index contributed by atoms with van der Waals surface area (Å²) in [6.07, 6.45) is 0. The number of carbonyl (C=O) groups is 1. The third kappa shape index (κ3) is 2.92. The van der Waals surface area contributed by atoms with Gasteiger partial charge in [-0.25, -0.2) is 0 Å². The fourth-order valence-electron chi connectivity index (χ4n) is 0.715. The number of rotatable bonds is 2. The third-order valence-electron chi connectivity index (χ3n) is 1.26. The Hall–Kier alpha value is -0.511. The quantitative estimate of drug-likeness (QED) is 0.803. The SMILES string of the molecule is [CH3][Sn][C](=O)Nc1ccccc1. The molecular weight excluding hydrogens is 245 g/mol. The second-order valence-corrected chi connectivity index (χ2v) is 4.79. The number of benzene rings is 1. The fraction of sp³-hybridized carbons (Fsp3) is 0.125. The van der Waals surface area contributed by atoms with Crippen molar-refractivity contribution in [1.82, 2.24) is 0 Å². The summed E-state index contributed by atoms with van der Waals surface area (Å²) in [6, 6.07) is 9.55. The van der Waals surface area contributed by atoms with Crippen LogP contribution in [0, 0.1) is 0 Å². The molecule has 0 saturated heterocycles. The Morgan fingerprint density at radius 3 is 2.55 bits per heavy atom. The van der Waals surface area contributed by atoms with Crippen LogP contribution >= 0.6 is 0 Å². The van der Waals surface area contributed by atoms with Crippen LogP contribution in [0.3, 0.4) is 0 Å². The zero-order valence-electron chi connectivity index (χ0n) is 6.29. The zero-order chi connectivity index (χ0) is 8.10. The standard InChI is InChI=1S/C7H6NO.CH3.Sn/c9-6-8-7-4-2-1-3-5-7;;/h1-5H,(H,8,9);1H3;. The van der Waals surface area contributed by atoms with Gasteiger partial charge in [0.2, 0.25) is 0 Å². The number of hydrogen-bond donors (Lipinski definition) is 1. The van der Waals surface area contributed by atoms with Gasteiger partial charge in [0.1, 0.15) is 0 Å². The van der Waals surface area contributed by atoms with Gasteiger partial charge in [0.15, 0.2) is 0 Å². The van der Waals surface area contributed by atoms with Gasteiger partial charge in [0, 0.05) is 0 Å². The Balaban J connectivity index is 2.58. The molecular formula is C8H9NOSn. The second kappa shape index (κ2) is 4.38. The summed E-state index contributed by atoms with van der Waals surface area (Å²) in [5.41, 5.74) is 0.903. The third-order valence-corrected chi connectivity index (χ3v) is 2.91. The molecule has 0 spiro atoms. The molecule has 1 amide bonds. The van der Waals surface area contributed by atoms with Crippen LogP contribution in [0.4, 0.5) is 10.5 Å². The van der Waals surface area contributed by atoms with Crippen molar-refractivity contribution in [3.05, 3.63) is 30.3 Å². The van der Waals surface area contributed by atoms with E-state index in [1.54, 1.807) is 0 Å². The summed E-state index contributed by atoms with van der Waals surface area (Å²) in [7, 11) is 0. The molecule has 2 nitrogen and oxygen atoms in total. The Labute approximate surface area is 76.2 Å². The van der Waals surface area contributed by atoms with Crippen LogP contribution in [0.1, 0.15) is 0 Å². The molecule has 1 rings (SSSR count). The van der Waals surface area contributed by atoms with Gasteiger partial charge in [-0.1, -0.05) is 0 Å². The average Bonchev–Trinajstić information content (AvgIpc) is 2.06. The van der Waals surface area contributed by atoms with Crippen molar-refractivity contribution in [2.75, 3.05) is 5.32 Å². The summed E-state index contributed by atoms with van der Waals surface area (Å²) < 4.78 is 0.222. The van der Waals surface area contributed by atoms with Gasteiger partial charge in [-0.05, 0) is 0 Å². The van der Waals surface area contributed by atoms with Crippen molar-refractivity contribution in [3.63, 3.8) is 0 Å². The Morgan fingerprint density at radius 2 is 2.00 bits per heavy atom. The number of amides is 1. The molecule has 0 aromatic heterocycles. The summed E-state index contributed by atoms with van der Waals surface area (Å²) in [6.45, 7) is 0. The van der Waals surface area contributed by atoms with Crippen LogP contribution in [0.2, 0.25) is 4.94 Å². The van der Waals surface area contributed by atoms with Crippen LogP contribution in [0.5, 0.6) is 0 Å². The molecule has 0 bridgehead atoms. The van der Waals surface area contributed by atoms with E-state index in [9.17, 15) is 4.79 Å². The van der Waals surface area contributed by atoms with E-state index in [-0.39, 0.29) is 3.92 Å². The molecule has 3 heteroatoms. The molecule has 0 fully saturated rings. The molecule has 1 aromatic carbocycles. The summed E-state index contributed by atoms with van der Waals surface area (Å²) in [5, 5.41) is 2.83. The van der Waals surface area contributed by atoms with Crippen molar-refractivity contribution in [2.45, 2.75) is 4.94 Å². The van der Waals surface area contributed by atoms with Crippen molar-refractivity contribution in [1.29, 1.82) is 0 Å². The molecule has 11 heavy (non-hydrogen) atoms. The van der Waals surface area contributed by atoms with Gasteiger partial charge in [-0.15, -0.1) is 0 Å². The Bertz CT molecular complexity index is 235. The number of anilines is 1. The Morgan fingerprint density at radius 1 is 1.36 bits per heavy atom. The summed E-state index contributed by atoms with van der Waals surface area (Å²) in [5.74, 6) is 0. The minimum atomic E-state index is -0.797. The molecule has 1 N–H and O–H groups in total.